The predicted molar refractivity (Wildman–Crippen MR) is 66.2 cm³/mol. The Bertz CT molecular complexity index is 313. The fraction of sp³-hybridized carbons (Fsp3) is 0.800. The molecule has 0 fully saturated rings. The van der Waals surface area contributed by atoms with Gasteiger partial charge in [-0.05, 0) is 0 Å². The molecule has 0 radical (unpaired) electrons. The number of carbonyl (C=O) groups excluding carboxylic acids is 1. The van der Waals surface area contributed by atoms with Gasteiger partial charge >= 0.3 is 18.2 Å². The van der Waals surface area contributed by atoms with E-state index in [9.17, 15) is 22.8 Å². The third-order valence-corrected chi connectivity index (χ3v) is 3.13. The van der Waals surface area contributed by atoms with E-state index in [2.05, 4.69) is 5.32 Å². The van der Waals surface area contributed by atoms with Crippen molar-refractivity contribution < 1.29 is 27.9 Å². The summed E-state index contributed by atoms with van der Waals surface area (Å²) in [5.74, 6) is -2.52. The number of aliphatic carboxylic acids is 1. The average Bonchev–Trinajstić information content (AvgIpc) is 2.26. The molecule has 0 aromatic heterocycles. The van der Waals surface area contributed by atoms with Gasteiger partial charge in [0, 0.05) is 25.9 Å². The minimum absolute atomic E-state index is 0.0386. The Labute approximate surface area is 113 Å². The number of hydrogen-bond donors (Lipinski definition) is 2. The van der Waals surface area contributed by atoms with Gasteiger partial charge in [-0.15, -0.1) is 0 Å². The molecule has 19 heavy (non-hydrogen) atoms. The van der Waals surface area contributed by atoms with Crippen LogP contribution in [0, 0.1) is 5.92 Å². The molecule has 1 unspecified atom stereocenters. The average molecular weight is 302 g/mol. The minimum Gasteiger partial charge on any atom is -0.481 e. The van der Waals surface area contributed by atoms with Gasteiger partial charge in [-0.25, -0.2) is 4.79 Å². The lowest BCUT2D eigenvalue weighted by Gasteiger charge is -2.19. The summed E-state index contributed by atoms with van der Waals surface area (Å²) < 4.78 is 35.5. The molecule has 0 heterocycles. The molecule has 0 aliphatic heterocycles. The molecule has 0 aliphatic rings. The van der Waals surface area contributed by atoms with Gasteiger partial charge in [-0.2, -0.15) is 24.9 Å². The number of hydrogen-bond acceptors (Lipinski definition) is 3. The first kappa shape index (κ1) is 17.9. The second-order valence-electron chi connectivity index (χ2n) is 4.02. The summed E-state index contributed by atoms with van der Waals surface area (Å²) in [6.45, 7) is 1.60. The first-order valence-electron chi connectivity index (χ1n) is 5.49. The van der Waals surface area contributed by atoms with Crippen molar-refractivity contribution in [1.29, 1.82) is 0 Å². The van der Waals surface area contributed by atoms with Gasteiger partial charge in [0.05, 0.1) is 11.7 Å². The van der Waals surface area contributed by atoms with Gasteiger partial charge in [0.1, 0.15) is 0 Å². The largest absolute Gasteiger partial charge is 0.481 e. The zero-order chi connectivity index (χ0) is 15.1. The summed E-state index contributed by atoms with van der Waals surface area (Å²) in [6.07, 6.45) is -4.21. The standard InChI is InChI=1S/C10H17F3N2O3S/c1-7(8(16)17)5-15(2)9(18)14-3-4-19-6-10(11,12)13/h7H,3-6H2,1-2H3,(H,14,18)(H,16,17). The van der Waals surface area contributed by atoms with Gasteiger partial charge in [0.15, 0.2) is 0 Å². The molecule has 9 heteroatoms. The summed E-state index contributed by atoms with van der Waals surface area (Å²) in [4.78, 5) is 23.2. The number of carboxylic acids is 1. The lowest BCUT2D eigenvalue weighted by atomic mass is 10.2. The number of nitrogens with one attached hydrogen (secondary N) is 1. The maximum atomic E-state index is 11.8. The highest BCUT2D eigenvalue weighted by molar-refractivity contribution is 7.99. The quantitative estimate of drug-likeness (QED) is 0.702. The van der Waals surface area contributed by atoms with E-state index in [1.54, 1.807) is 0 Å². The molecule has 5 nitrogen and oxygen atoms in total. The monoisotopic (exact) mass is 302 g/mol. The zero-order valence-corrected chi connectivity index (χ0v) is 11.5. The highest BCUT2D eigenvalue weighted by Gasteiger charge is 2.26. The lowest BCUT2D eigenvalue weighted by Crippen LogP contribution is -2.41. The van der Waals surface area contributed by atoms with Crippen LogP contribution in [0.4, 0.5) is 18.0 Å². The Balaban J connectivity index is 3.77. The molecule has 0 saturated heterocycles. The maximum Gasteiger partial charge on any atom is 0.397 e. The molecule has 0 aliphatic carbocycles. The van der Waals surface area contributed by atoms with Crippen molar-refractivity contribution in [2.75, 3.05) is 31.6 Å². The third-order valence-electron chi connectivity index (χ3n) is 2.10. The smallest absolute Gasteiger partial charge is 0.397 e. The van der Waals surface area contributed by atoms with E-state index in [1.807, 2.05) is 0 Å². The van der Waals surface area contributed by atoms with Crippen LogP contribution in [0.1, 0.15) is 6.92 Å². The van der Waals surface area contributed by atoms with Gasteiger partial charge in [-0.1, -0.05) is 6.92 Å². The third kappa shape index (κ3) is 9.46. The van der Waals surface area contributed by atoms with Crippen LogP contribution in [0.15, 0.2) is 0 Å². The molecule has 0 aromatic carbocycles. The molecule has 112 valence electrons. The first-order valence-corrected chi connectivity index (χ1v) is 6.65. The number of carboxylic acid groups (broad SMARTS) is 1. The molecule has 0 saturated carbocycles. The number of nitrogens with zero attached hydrogens (tertiary/aromatic N) is 1. The number of urea groups is 1. The van der Waals surface area contributed by atoms with Crippen LogP contribution in [-0.4, -0.2) is 59.8 Å². The molecule has 0 bridgehead atoms. The molecule has 1 atom stereocenters. The van der Waals surface area contributed by atoms with Crippen molar-refractivity contribution in [2.45, 2.75) is 13.1 Å². The highest BCUT2D eigenvalue weighted by Crippen LogP contribution is 2.20. The van der Waals surface area contributed by atoms with E-state index < -0.39 is 29.8 Å². The van der Waals surface area contributed by atoms with Gasteiger partial charge in [0.25, 0.3) is 0 Å². The van der Waals surface area contributed by atoms with Crippen LogP contribution in [0.2, 0.25) is 0 Å². The molecular formula is C10H17F3N2O3S. The summed E-state index contributed by atoms with van der Waals surface area (Å²) in [7, 11) is 1.43. The molecule has 2 N–H and O–H groups in total. The van der Waals surface area contributed by atoms with Crippen LogP contribution in [0.3, 0.4) is 0 Å². The van der Waals surface area contributed by atoms with Gasteiger partial charge in [-0.3, -0.25) is 4.79 Å². The summed E-state index contributed by atoms with van der Waals surface area (Å²) >= 11 is 0.680. The summed E-state index contributed by atoms with van der Waals surface area (Å²) in [5.41, 5.74) is 0. The number of carbonyl (C=O) groups is 2. The van der Waals surface area contributed by atoms with Crippen LogP contribution < -0.4 is 5.32 Å². The van der Waals surface area contributed by atoms with Crippen molar-refractivity contribution in [3.05, 3.63) is 0 Å². The van der Waals surface area contributed by atoms with Crippen LogP contribution in [0.5, 0.6) is 0 Å². The number of alkyl halides is 3. The maximum absolute atomic E-state index is 11.8. The van der Waals surface area contributed by atoms with Crippen LogP contribution in [-0.2, 0) is 4.79 Å². The molecule has 2 amide bonds. The Morgan fingerprint density at radius 3 is 2.47 bits per heavy atom. The molecule has 0 rings (SSSR count). The number of thioether (sulfide) groups is 1. The van der Waals surface area contributed by atoms with Crippen molar-refractivity contribution >= 4 is 23.8 Å². The SMILES string of the molecule is CC(CN(C)C(=O)NCCSCC(F)(F)F)C(=O)O. The Morgan fingerprint density at radius 2 is 2.00 bits per heavy atom. The Morgan fingerprint density at radius 1 is 1.42 bits per heavy atom. The number of amides is 2. The fourth-order valence-corrected chi connectivity index (χ4v) is 1.75. The van der Waals surface area contributed by atoms with Crippen LogP contribution >= 0.6 is 11.8 Å². The summed E-state index contributed by atoms with van der Waals surface area (Å²) in [5, 5.41) is 11.1. The van der Waals surface area contributed by atoms with E-state index in [4.69, 9.17) is 5.11 Å². The highest BCUT2D eigenvalue weighted by atomic mass is 32.2. The predicted octanol–water partition coefficient (Wildman–Crippen LogP) is 1.64. The topological polar surface area (TPSA) is 69.6 Å². The van der Waals surface area contributed by atoms with Crippen LogP contribution in [0.25, 0.3) is 0 Å². The van der Waals surface area contributed by atoms with Gasteiger partial charge in [0.2, 0.25) is 0 Å². The normalized spacial score (nSPS) is 12.9. The molecular weight excluding hydrogens is 285 g/mol. The lowest BCUT2D eigenvalue weighted by molar-refractivity contribution is -0.141. The van der Waals surface area contributed by atoms with Crippen molar-refractivity contribution in [3.63, 3.8) is 0 Å². The zero-order valence-electron chi connectivity index (χ0n) is 10.7. The van der Waals surface area contributed by atoms with Gasteiger partial charge < -0.3 is 15.3 Å². The Kier molecular flexibility index (Phi) is 7.65. The molecule has 0 aromatic rings. The van der Waals surface area contributed by atoms with E-state index >= 15 is 0 Å². The number of halogens is 3. The second-order valence-corrected chi connectivity index (χ2v) is 5.12. The fourth-order valence-electron chi connectivity index (χ4n) is 1.12. The minimum atomic E-state index is -4.21. The van der Waals surface area contributed by atoms with E-state index in [1.165, 1.54) is 18.9 Å². The van der Waals surface area contributed by atoms with E-state index in [0.717, 1.165) is 0 Å². The van der Waals surface area contributed by atoms with E-state index in [0.29, 0.717) is 11.8 Å². The van der Waals surface area contributed by atoms with Crippen molar-refractivity contribution in [1.82, 2.24) is 10.2 Å². The molecule has 0 spiro atoms. The number of rotatable bonds is 7. The first-order chi connectivity index (χ1) is 8.63. The van der Waals surface area contributed by atoms with E-state index in [-0.39, 0.29) is 18.8 Å². The van der Waals surface area contributed by atoms with Crippen molar-refractivity contribution in [2.24, 2.45) is 5.92 Å². The van der Waals surface area contributed by atoms with Crippen molar-refractivity contribution in [3.8, 4) is 0 Å². The summed E-state index contributed by atoms with van der Waals surface area (Å²) in [6, 6.07) is -0.499. The second kappa shape index (κ2) is 8.13. The Hall–Kier alpha value is -1.12.